The number of nitrogens with zero attached hydrogens (tertiary/aromatic N) is 2. The molecule has 0 aliphatic heterocycles. The molecule has 0 aromatic heterocycles. The first kappa shape index (κ1) is 7.93. The summed E-state index contributed by atoms with van der Waals surface area (Å²) >= 11 is 2.13. The molecular weight excluding hydrogens is 223 g/mol. The SMILES string of the molecule is C/[N+]([O-])=N/OCCI. The Morgan fingerprint density at radius 3 is 2.88 bits per heavy atom. The van der Waals surface area contributed by atoms with E-state index in [1.165, 1.54) is 7.05 Å². The average molecular weight is 230 g/mol. The van der Waals surface area contributed by atoms with Gasteiger partial charge in [-0.05, 0) is 0 Å². The highest BCUT2D eigenvalue weighted by atomic mass is 127. The molecule has 0 spiro atoms. The fraction of sp³-hybridized carbons (Fsp3) is 1.00. The zero-order chi connectivity index (χ0) is 6.41. The van der Waals surface area contributed by atoms with Gasteiger partial charge in [-0.1, -0.05) is 27.5 Å². The number of hydroxylamine groups is 1. The Morgan fingerprint density at radius 2 is 2.50 bits per heavy atom. The van der Waals surface area contributed by atoms with E-state index in [2.05, 4.69) is 32.7 Å². The molecule has 0 heterocycles. The van der Waals surface area contributed by atoms with Crippen LogP contribution >= 0.6 is 22.6 Å². The smallest absolute Gasteiger partial charge is 0.199 e. The van der Waals surface area contributed by atoms with Crippen molar-refractivity contribution >= 4 is 22.6 Å². The molecule has 0 aliphatic rings. The van der Waals surface area contributed by atoms with Crippen LogP contribution in [-0.4, -0.2) is 22.9 Å². The molecule has 5 heteroatoms. The fourth-order valence-electron chi connectivity index (χ4n) is 0.157. The van der Waals surface area contributed by atoms with Crippen LogP contribution in [0.4, 0.5) is 0 Å². The van der Waals surface area contributed by atoms with Gasteiger partial charge in [-0.25, -0.2) is 0 Å². The molecule has 0 rings (SSSR count). The molecule has 48 valence electrons. The molecule has 0 N–H and O–H groups in total. The Hall–Kier alpha value is -0.0700. The number of alkyl halides is 1. The van der Waals surface area contributed by atoms with Crippen LogP contribution in [0.5, 0.6) is 0 Å². The van der Waals surface area contributed by atoms with Crippen LogP contribution in [0.25, 0.3) is 0 Å². The van der Waals surface area contributed by atoms with E-state index in [0.717, 1.165) is 4.43 Å². The second-order valence-corrected chi connectivity index (χ2v) is 2.15. The van der Waals surface area contributed by atoms with E-state index in [1.807, 2.05) is 0 Å². The first-order valence-corrected chi connectivity index (χ1v) is 3.59. The van der Waals surface area contributed by atoms with E-state index in [-0.39, 0.29) is 0 Å². The maximum absolute atomic E-state index is 9.94. The molecule has 8 heavy (non-hydrogen) atoms. The topological polar surface area (TPSA) is 47.7 Å². The van der Waals surface area contributed by atoms with Crippen LogP contribution < -0.4 is 0 Å². The molecule has 0 atom stereocenters. The Morgan fingerprint density at radius 1 is 1.88 bits per heavy atom. The van der Waals surface area contributed by atoms with Crippen LogP contribution in [0.2, 0.25) is 0 Å². The largest absolute Gasteiger partial charge is 0.598 e. The van der Waals surface area contributed by atoms with Gasteiger partial charge in [0.15, 0.2) is 12.3 Å². The summed E-state index contributed by atoms with van der Waals surface area (Å²) in [6, 6.07) is 0. The summed E-state index contributed by atoms with van der Waals surface area (Å²) in [5.74, 6) is 0. The first-order chi connectivity index (χ1) is 3.77. The van der Waals surface area contributed by atoms with Gasteiger partial charge in [0, 0.05) is 4.43 Å². The van der Waals surface area contributed by atoms with Gasteiger partial charge in [-0.3, -0.25) is 0 Å². The third-order valence-corrected chi connectivity index (χ3v) is 0.782. The molecule has 4 nitrogen and oxygen atoms in total. The van der Waals surface area contributed by atoms with Crippen molar-refractivity contribution in [1.82, 2.24) is 0 Å². The van der Waals surface area contributed by atoms with Crippen LogP contribution in [0.15, 0.2) is 5.28 Å². The first-order valence-electron chi connectivity index (χ1n) is 2.07. The van der Waals surface area contributed by atoms with Crippen molar-refractivity contribution in [1.29, 1.82) is 0 Å². The Bertz CT molecular complexity index is 81.4. The van der Waals surface area contributed by atoms with E-state index >= 15 is 0 Å². The van der Waals surface area contributed by atoms with Crippen molar-refractivity contribution in [3.8, 4) is 0 Å². The van der Waals surface area contributed by atoms with Gasteiger partial charge in [0.25, 0.3) is 0 Å². The molecule has 0 amide bonds. The van der Waals surface area contributed by atoms with Crippen molar-refractivity contribution in [3.05, 3.63) is 5.21 Å². The molecule has 0 aromatic rings. The highest BCUT2D eigenvalue weighted by Crippen LogP contribution is 1.82. The predicted molar refractivity (Wildman–Crippen MR) is 36.8 cm³/mol. The van der Waals surface area contributed by atoms with Crippen LogP contribution in [0.1, 0.15) is 0 Å². The van der Waals surface area contributed by atoms with Crippen molar-refractivity contribution in [2.75, 3.05) is 18.1 Å². The molecule has 0 saturated heterocycles. The molecule has 0 aliphatic carbocycles. The third-order valence-electron chi connectivity index (χ3n) is 0.341. The normalized spacial score (nSPS) is 11.5. The third kappa shape index (κ3) is 5.93. The molecule has 0 unspecified atom stereocenters. The van der Waals surface area contributed by atoms with Crippen LogP contribution in [0.3, 0.4) is 0 Å². The summed E-state index contributed by atoms with van der Waals surface area (Å²) in [5, 5.41) is 13.0. The highest BCUT2D eigenvalue weighted by Gasteiger charge is 1.81. The van der Waals surface area contributed by atoms with Gasteiger partial charge in [0.1, 0.15) is 6.61 Å². The van der Waals surface area contributed by atoms with Crippen LogP contribution in [-0.2, 0) is 4.84 Å². The zero-order valence-corrected chi connectivity index (χ0v) is 6.66. The van der Waals surface area contributed by atoms with E-state index in [4.69, 9.17) is 0 Å². The van der Waals surface area contributed by atoms with Gasteiger partial charge in [-0.2, -0.15) is 0 Å². The van der Waals surface area contributed by atoms with Crippen molar-refractivity contribution in [2.45, 2.75) is 0 Å². The minimum atomic E-state index is 0.381. The zero-order valence-electron chi connectivity index (χ0n) is 4.50. The predicted octanol–water partition coefficient (Wildman–Crippen LogP) is 0.945. The van der Waals surface area contributed by atoms with E-state index < -0.39 is 0 Å². The molecule has 0 saturated carbocycles. The second-order valence-electron chi connectivity index (χ2n) is 1.07. The molecule has 0 fully saturated rings. The summed E-state index contributed by atoms with van der Waals surface area (Å²) in [5.41, 5.74) is 0. The van der Waals surface area contributed by atoms with Gasteiger partial charge in [0.05, 0.1) is 0 Å². The monoisotopic (exact) mass is 230 g/mol. The maximum Gasteiger partial charge on any atom is 0.199 e. The van der Waals surface area contributed by atoms with Crippen LogP contribution in [0, 0.1) is 5.21 Å². The fourth-order valence-corrected chi connectivity index (χ4v) is 0.354. The van der Waals surface area contributed by atoms with E-state index in [9.17, 15) is 5.21 Å². The standard InChI is InChI=1S/C3H7IN2O2/c1-6(7)5-8-3-2-4/h2-3H2,1H3/b6-5-. The Labute approximate surface area is 61.2 Å². The van der Waals surface area contributed by atoms with Gasteiger partial charge in [-0.15, -0.1) is 0 Å². The van der Waals surface area contributed by atoms with E-state index in [1.54, 1.807) is 0 Å². The number of rotatable bonds is 3. The van der Waals surface area contributed by atoms with Crippen molar-refractivity contribution < 1.29 is 9.70 Å². The molecule has 0 aromatic carbocycles. The number of hydrogen-bond donors (Lipinski definition) is 0. The second kappa shape index (κ2) is 5.07. The lowest BCUT2D eigenvalue weighted by Gasteiger charge is -1.90. The minimum absolute atomic E-state index is 0.381. The highest BCUT2D eigenvalue weighted by molar-refractivity contribution is 14.1. The lowest BCUT2D eigenvalue weighted by Crippen LogP contribution is -1.94. The van der Waals surface area contributed by atoms with Gasteiger partial charge in [0.2, 0.25) is 0 Å². The lowest BCUT2D eigenvalue weighted by molar-refractivity contribution is -0.530. The average Bonchev–Trinajstić information content (AvgIpc) is 1.66. The molecule has 0 bridgehead atoms. The number of halogens is 1. The van der Waals surface area contributed by atoms with Gasteiger partial charge < -0.3 is 10.0 Å². The maximum atomic E-state index is 9.94. The Kier molecular flexibility index (Phi) is 5.03. The Balaban J connectivity index is 3.03. The quantitative estimate of drug-likeness (QED) is 0.181. The lowest BCUT2D eigenvalue weighted by atomic mass is 10.9. The van der Waals surface area contributed by atoms with Gasteiger partial charge >= 0.3 is 0 Å². The summed E-state index contributed by atoms with van der Waals surface area (Å²) in [6.45, 7) is 0.493. The summed E-state index contributed by atoms with van der Waals surface area (Å²) < 4.78 is 0.842. The summed E-state index contributed by atoms with van der Waals surface area (Å²) in [7, 11) is 1.27. The van der Waals surface area contributed by atoms with Crippen molar-refractivity contribution in [2.24, 2.45) is 5.28 Å². The molecule has 0 radical (unpaired) electrons. The minimum Gasteiger partial charge on any atom is -0.598 e. The summed E-state index contributed by atoms with van der Waals surface area (Å²) in [4.78, 5) is 4.86. The number of hydrogen-bond acceptors (Lipinski definition) is 3. The summed E-state index contributed by atoms with van der Waals surface area (Å²) in [6.07, 6.45) is 0. The van der Waals surface area contributed by atoms with E-state index in [0.29, 0.717) is 11.5 Å². The molecular formula is C3H7IN2O2. The van der Waals surface area contributed by atoms with Crippen molar-refractivity contribution in [3.63, 3.8) is 0 Å².